The SMILES string of the molecule is N#Cc1ccc(OC(=O)c2ccccc2)nc1OC(=O)c1c[c]ccc1. The number of nitriles is 1. The molecule has 0 saturated carbocycles. The Kier molecular flexibility index (Phi) is 5.01. The Hall–Kier alpha value is -3.98. The van der Waals surface area contributed by atoms with Gasteiger partial charge in [-0.25, -0.2) is 9.59 Å². The van der Waals surface area contributed by atoms with Crippen LogP contribution in [-0.4, -0.2) is 16.9 Å². The lowest BCUT2D eigenvalue weighted by Crippen LogP contribution is -2.13. The van der Waals surface area contributed by atoms with Gasteiger partial charge in [0.2, 0.25) is 11.8 Å². The summed E-state index contributed by atoms with van der Waals surface area (Å²) in [5.41, 5.74) is 0.639. The molecule has 0 fully saturated rings. The number of pyridine rings is 1. The third-order valence-electron chi connectivity index (χ3n) is 3.29. The molecule has 3 rings (SSSR count). The summed E-state index contributed by atoms with van der Waals surface area (Å²) < 4.78 is 10.3. The van der Waals surface area contributed by atoms with Crippen LogP contribution in [0.2, 0.25) is 0 Å². The van der Waals surface area contributed by atoms with Gasteiger partial charge in [-0.3, -0.25) is 0 Å². The lowest BCUT2D eigenvalue weighted by Gasteiger charge is -2.08. The summed E-state index contributed by atoms with van der Waals surface area (Å²) in [5, 5.41) is 9.16. The van der Waals surface area contributed by atoms with Crippen LogP contribution < -0.4 is 9.47 Å². The van der Waals surface area contributed by atoms with Crippen LogP contribution in [0.5, 0.6) is 11.8 Å². The van der Waals surface area contributed by atoms with Crippen LogP contribution in [0.25, 0.3) is 0 Å². The Labute approximate surface area is 149 Å². The molecule has 1 radical (unpaired) electrons. The summed E-state index contributed by atoms with van der Waals surface area (Å²) in [4.78, 5) is 28.2. The third-order valence-corrected chi connectivity index (χ3v) is 3.29. The molecule has 0 aliphatic heterocycles. The van der Waals surface area contributed by atoms with E-state index in [0.717, 1.165) is 0 Å². The first-order valence-corrected chi connectivity index (χ1v) is 7.54. The number of carbonyl (C=O) groups is 2. The van der Waals surface area contributed by atoms with Crippen molar-refractivity contribution in [3.8, 4) is 17.8 Å². The quantitative estimate of drug-likeness (QED) is 0.676. The maximum atomic E-state index is 12.1. The fourth-order valence-corrected chi connectivity index (χ4v) is 2.04. The zero-order valence-electron chi connectivity index (χ0n) is 13.4. The second-order valence-corrected chi connectivity index (χ2v) is 5.05. The first-order chi connectivity index (χ1) is 12.7. The highest BCUT2D eigenvalue weighted by atomic mass is 16.6. The topological polar surface area (TPSA) is 89.3 Å². The van der Waals surface area contributed by atoms with Gasteiger partial charge < -0.3 is 9.47 Å². The summed E-state index contributed by atoms with van der Waals surface area (Å²) >= 11 is 0. The smallest absolute Gasteiger partial charge is 0.344 e. The highest BCUT2D eigenvalue weighted by Gasteiger charge is 2.16. The van der Waals surface area contributed by atoms with E-state index >= 15 is 0 Å². The van der Waals surface area contributed by atoms with Crippen molar-refractivity contribution in [3.05, 3.63) is 89.5 Å². The van der Waals surface area contributed by atoms with Crippen LogP contribution >= 0.6 is 0 Å². The maximum Gasteiger partial charge on any atom is 0.344 e. The van der Waals surface area contributed by atoms with Crippen LogP contribution in [-0.2, 0) is 0 Å². The van der Waals surface area contributed by atoms with Crippen LogP contribution in [0.1, 0.15) is 26.3 Å². The molecule has 26 heavy (non-hydrogen) atoms. The maximum absolute atomic E-state index is 12.1. The van der Waals surface area contributed by atoms with Crippen molar-refractivity contribution in [1.82, 2.24) is 4.98 Å². The molecule has 0 spiro atoms. The highest BCUT2D eigenvalue weighted by molar-refractivity contribution is 5.91. The van der Waals surface area contributed by atoms with E-state index in [1.165, 1.54) is 18.2 Å². The molecule has 0 N–H and O–H groups in total. The molecule has 3 aromatic rings. The van der Waals surface area contributed by atoms with E-state index in [9.17, 15) is 9.59 Å². The van der Waals surface area contributed by atoms with Gasteiger partial charge in [0, 0.05) is 6.07 Å². The van der Waals surface area contributed by atoms with Gasteiger partial charge in [-0.2, -0.15) is 10.2 Å². The van der Waals surface area contributed by atoms with Gasteiger partial charge in [-0.1, -0.05) is 30.3 Å². The molecule has 2 aromatic carbocycles. The van der Waals surface area contributed by atoms with Gasteiger partial charge in [0.1, 0.15) is 11.6 Å². The zero-order valence-corrected chi connectivity index (χ0v) is 13.4. The minimum Gasteiger partial charge on any atom is -0.404 e. The molecule has 1 heterocycles. The number of aromatic nitrogens is 1. The Morgan fingerprint density at radius 3 is 2.35 bits per heavy atom. The lowest BCUT2D eigenvalue weighted by atomic mass is 10.2. The van der Waals surface area contributed by atoms with Gasteiger partial charge in [-0.15, -0.1) is 0 Å². The predicted octanol–water partition coefficient (Wildman–Crippen LogP) is 3.19. The molecule has 0 aliphatic rings. The lowest BCUT2D eigenvalue weighted by molar-refractivity contribution is 0.0717. The molecule has 6 nitrogen and oxygen atoms in total. The Balaban J connectivity index is 1.82. The Bertz CT molecular complexity index is 980. The summed E-state index contributed by atoms with van der Waals surface area (Å²) in [6, 6.07) is 22.0. The van der Waals surface area contributed by atoms with E-state index in [2.05, 4.69) is 11.1 Å². The summed E-state index contributed by atoms with van der Waals surface area (Å²) in [6.07, 6.45) is 0. The fraction of sp³-hybridized carbons (Fsp3) is 0. The average molecular weight is 343 g/mol. The number of nitrogens with zero attached hydrogens (tertiary/aromatic N) is 2. The van der Waals surface area contributed by atoms with E-state index in [1.807, 2.05) is 6.07 Å². The zero-order chi connectivity index (χ0) is 18.4. The van der Waals surface area contributed by atoms with Crippen molar-refractivity contribution in [2.45, 2.75) is 0 Å². The number of ether oxygens (including phenoxy) is 2. The van der Waals surface area contributed by atoms with Gasteiger partial charge in [0.15, 0.2) is 0 Å². The van der Waals surface area contributed by atoms with Crippen LogP contribution in [0, 0.1) is 17.4 Å². The molecule has 0 amide bonds. The molecule has 0 unspecified atom stereocenters. The van der Waals surface area contributed by atoms with Gasteiger partial charge in [0.05, 0.1) is 11.1 Å². The van der Waals surface area contributed by atoms with Crippen molar-refractivity contribution in [2.75, 3.05) is 0 Å². The van der Waals surface area contributed by atoms with E-state index in [4.69, 9.17) is 14.7 Å². The predicted molar refractivity (Wildman–Crippen MR) is 90.6 cm³/mol. The van der Waals surface area contributed by atoms with Crippen molar-refractivity contribution in [1.29, 1.82) is 5.26 Å². The number of rotatable bonds is 4. The number of hydrogen-bond acceptors (Lipinski definition) is 6. The Morgan fingerprint density at radius 1 is 0.923 bits per heavy atom. The number of esters is 2. The molecule has 0 bridgehead atoms. The molecule has 0 aliphatic carbocycles. The summed E-state index contributed by atoms with van der Waals surface area (Å²) in [5.74, 6) is -1.63. The summed E-state index contributed by atoms with van der Waals surface area (Å²) in [7, 11) is 0. The van der Waals surface area contributed by atoms with Crippen LogP contribution in [0.15, 0.2) is 66.7 Å². The van der Waals surface area contributed by atoms with E-state index in [0.29, 0.717) is 5.56 Å². The molecular formula is C20H11N2O4. The number of benzene rings is 2. The molecule has 0 saturated heterocycles. The van der Waals surface area contributed by atoms with Crippen molar-refractivity contribution in [3.63, 3.8) is 0 Å². The second kappa shape index (κ2) is 7.73. The first-order valence-electron chi connectivity index (χ1n) is 7.54. The van der Waals surface area contributed by atoms with Crippen molar-refractivity contribution < 1.29 is 19.1 Å². The molecule has 6 heteroatoms. The monoisotopic (exact) mass is 343 g/mol. The third kappa shape index (κ3) is 3.91. The number of hydrogen-bond donors (Lipinski definition) is 0. The largest absolute Gasteiger partial charge is 0.404 e. The van der Waals surface area contributed by atoms with E-state index < -0.39 is 11.9 Å². The van der Waals surface area contributed by atoms with Crippen LogP contribution in [0.4, 0.5) is 0 Å². The molecule has 0 atom stereocenters. The molecular weight excluding hydrogens is 332 g/mol. The van der Waals surface area contributed by atoms with E-state index in [1.54, 1.807) is 48.5 Å². The standard InChI is InChI=1S/C20H11N2O4/c21-13-16-11-12-17(25-19(23)14-7-3-1-4-8-14)22-18(16)26-20(24)15-9-5-2-6-10-15/h1-5,7-12H. The first kappa shape index (κ1) is 16.9. The Morgan fingerprint density at radius 2 is 1.65 bits per heavy atom. The number of carbonyl (C=O) groups excluding carboxylic acids is 2. The highest BCUT2D eigenvalue weighted by Crippen LogP contribution is 2.21. The van der Waals surface area contributed by atoms with Gasteiger partial charge >= 0.3 is 11.9 Å². The van der Waals surface area contributed by atoms with Crippen molar-refractivity contribution in [2.24, 2.45) is 0 Å². The second-order valence-electron chi connectivity index (χ2n) is 5.05. The van der Waals surface area contributed by atoms with Gasteiger partial charge in [-0.05, 0) is 36.4 Å². The average Bonchev–Trinajstić information content (AvgIpc) is 2.69. The minimum atomic E-state index is -0.697. The van der Waals surface area contributed by atoms with Crippen molar-refractivity contribution >= 4 is 11.9 Å². The van der Waals surface area contributed by atoms with Gasteiger partial charge in [0.25, 0.3) is 0 Å². The summed E-state index contributed by atoms with van der Waals surface area (Å²) in [6.45, 7) is 0. The molecule has 1 aromatic heterocycles. The van der Waals surface area contributed by atoms with Crippen LogP contribution in [0.3, 0.4) is 0 Å². The normalized spacial score (nSPS) is 9.81. The minimum absolute atomic E-state index is 0.0396. The molecule has 125 valence electrons. The fourth-order valence-electron chi connectivity index (χ4n) is 2.04. The van der Waals surface area contributed by atoms with E-state index in [-0.39, 0.29) is 22.9 Å².